The van der Waals surface area contributed by atoms with E-state index >= 15 is 0 Å². The summed E-state index contributed by atoms with van der Waals surface area (Å²) in [7, 11) is 0. The molecule has 2 amide bonds. The third-order valence-corrected chi connectivity index (χ3v) is 6.96. The number of carbonyl (C=O) groups excluding carboxylic acids is 2. The van der Waals surface area contributed by atoms with E-state index in [0.29, 0.717) is 24.6 Å². The Bertz CT molecular complexity index is 1480. The maximum atomic E-state index is 12.2. The highest BCUT2D eigenvalue weighted by Crippen LogP contribution is 2.34. The molecule has 1 aromatic heterocycles. The minimum atomic E-state index is -0.481. The normalized spacial score (nSPS) is 10.9. The third kappa shape index (κ3) is 7.65. The molecule has 0 saturated carbocycles. The highest BCUT2D eigenvalue weighted by molar-refractivity contribution is 6.11. The van der Waals surface area contributed by atoms with Crippen molar-refractivity contribution in [1.29, 1.82) is 0 Å². The molecule has 0 unspecified atom stereocenters. The number of nitrogens with zero attached hydrogens (tertiary/aromatic N) is 2. The van der Waals surface area contributed by atoms with Crippen molar-refractivity contribution in [1.82, 2.24) is 4.90 Å². The Balaban J connectivity index is 0.00000462. The van der Waals surface area contributed by atoms with Gasteiger partial charge < -0.3 is 26.8 Å². The Morgan fingerprint density at radius 2 is 1.34 bits per heavy atom. The topological polar surface area (TPSA) is 83.8 Å². The summed E-state index contributed by atoms with van der Waals surface area (Å²) < 4.78 is 12.6. The first-order valence-corrected chi connectivity index (χ1v) is 14.1. The molecule has 41 heavy (non-hydrogen) atoms. The lowest BCUT2D eigenvalue weighted by Gasteiger charge is -2.18. The number of carbonyl (C=O) groups is 2. The van der Waals surface area contributed by atoms with E-state index in [9.17, 15) is 9.59 Å². The minimum absolute atomic E-state index is 0. The Hall–Kier alpha value is -3.88. The lowest BCUT2D eigenvalue weighted by atomic mass is 9.98. The van der Waals surface area contributed by atoms with Gasteiger partial charge in [-0.25, -0.2) is 9.59 Å². The monoisotopic (exact) mass is 578 g/mol. The van der Waals surface area contributed by atoms with Crippen molar-refractivity contribution in [3.63, 3.8) is 0 Å². The van der Waals surface area contributed by atoms with E-state index in [1.54, 1.807) is 13.8 Å². The molecule has 9 heteroatoms. The molecule has 0 aliphatic rings. The summed E-state index contributed by atoms with van der Waals surface area (Å²) in [5.41, 5.74) is 4.45. The van der Waals surface area contributed by atoms with E-state index in [0.717, 1.165) is 65.5 Å². The number of hydrogen-bond acceptors (Lipinski definition) is 5. The quantitative estimate of drug-likeness (QED) is 0.209. The van der Waals surface area contributed by atoms with Gasteiger partial charge in [0, 0.05) is 35.7 Å². The first kappa shape index (κ1) is 31.6. The van der Waals surface area contributed by atoms with Crippen LogP contribution in [0.1, 0.15) is 34.1 Å². The van der Waals surface area contributed by atoms with Crippen molar-refractivity contribution in [2.24, 2.45) is 0 Å². The second-order valence-electron chi connectivity index (χ2n) is 9.43. The number of nitrogens with one attached hydrogen (secondary N) is 2. The molecule has 8 nitrogen and oxygen atoms in total. The molecule has 0 saturated heterocycles. The number of amides is 2. The Kier molecular flexibility index (Phi) is 11.7. The molecule has 218 valence electrons. The second kappa shape index (κ2) is 15.2. The first-order valence-electron chi connectivity index (χ1n) is 14.1. The molecule has 3 aromatic carbocycles. The zero-order chi connectivity index (χ0) is 28.5. The van der Waals surface area contributed by atoms with E-state index in [1.807, 2.05) is 54.6 Å². The van der Waals surface area contributed by atoms with Gasteiger partial charge in [-0.15, -0.1) is 0 Å². The van der Waals surface area contributed by atoms with Crippen molar-refractivity contribution >= 4 is 45.2 Å². The van der Waals surface area contributed by atoms with Crippen LogP contribution in [0.4, 0.5) is 21.0 Å². The predicted octanol–water partition coefficient (Wildman–Crippen LogP) is 3.82. The van der Waals surface area contributed by atoms with E-state index < -0.39 is 12.2 Å². The van der Waals surface area contributed by atoms with Gasteiger partial charge >= 0.3 is 12.2 Å². The Morgan fingerprint density at radius 3 is 1.93 bits per heavy atom. The summed E-state index contributed by atoms with van der Waals surface area (Å²) in [4.78, 5) is 26.9. The summed E-state index contributed by atoms with van der Waals surface area (Å²) in [6.45, 7) is 12.3. The van der Waals surface area contributed by atoms with Gasteiger partial charge in [-0.1, -0.05) is 38.1 Å². The number of rotatable bonds is 11. The fourth-order valence-electron chi connectivity index (χ4n) is 5.08. The van der Waals surface area contributed by atoms with Crippen molar-refractivity contribution in [3.8, 4) is 11.3 Å². The lowest BCUT2D eigenvalue weighted by molar-refractivity contribution is -0.659. The maximum Gasteiger partial charge on any atom is 0.411 e. The van der Waals surface area contributed by atoms with Crippen LogP contribution in [0, 0.1) is 0 Å². The van der Waals surface area contributed by atoms with Crippen LogP contribution in [0.25, 0.3) is 32.9 Å². The molecule has 2 N–H and O–H groups in total. The van der Waals surface area contributed by atoms with Gasteiger partial charge in [0.1, 0.15) is 0 Å². The molecule has 0 aliphatic heterocycles. The zero-order valence-electron chi connectivity index (χ0n) is 24.2. The van der Waals surface area contributed by atoms with Crippen molar-refractivity contribution in [3.05, 3.63) is 66.7 Å². The number of pyridine rings is 1. The Labute approximate surface area is 248 Å². The van der Waals surface area contributed by atoms with Crippen molar-refractivity contribution < 1.29 is 36.0 Å². The van der Waals surface area contributed by atoms with Gasteiger partial charge in [-0.05, 0) is 63.3 Å². The number of aryl methyl sites for hydroxylation is 1. The SMILES string of the molecule is CCOC(=O)Nc1ccc2c(c1)c(-c1ccccc1)[n+](CCCN(CC)CC)c1cc(NC(=O)OCC)ccc21.[Cl-]. The average Bonchev–Trinajstić information content (AvgIpc) is 2.96. The van der Waals surface area contributed by atoms with Crippen LogP contribution in [-0.2, 0) is 16.0 Å². The van der Waals surface area contributed by atoms with E-state index in [1.165, 1.54) is 0 Å². The number of benzene rings is 3. The van der Waals surface area contributed by atoms with Gasteiger partial charge in [0.25, 0.3) is 0 Å². The van der Waals surface area contributed by atoms with Crippen LogP contribution in [0.15, 0.2) is 66.7 Å². The maximum absolute atomic E-state index is 12.2. The molecule has 0 bridgehead atoms. The molecule has 0 atom stereocenters. The van der Waals surface area contributed by atoms with Crippen molar-refractivity contribution in [2.75, 3.05) is 43.5 Å². The third-order valence-electron chi connectivity index (χ3n) is 6.96. The number of aromatic nitrogens is 1. The number of halogens is 1. The van der Waals surface area contributed by atoms with Gasteiger partial charge in [-0.3, -0.25) is 10.6 Å². The van der Waals surface area contributed by atoms with Crippen LogP contribution in [-0.4, -0.2) is 49.9 Å². The molecule has 0 aliphatic carbocycles. The summed E-state index contributed by atoms with van der Waals surface area (Å²) in [5, 5.41) is 8.83. The standard InChI is InChI=1S/C32H38N4O4.ClH/c1-5-35(6-2)19-12-20-36-29-22-25(34-32(38)40-8-4)16-18-27(29)26-17-15-24(33-31(37)39-7-3)21-28(26)30(36)23-13-10-9-11-14-23;/h9-11,13-18,21-22H,5-8,12,19-20H2,1-4H3,(H,33,37);1H. The molecule has 1 heterocycles. The summed E-state index contributed by atoms with van der Waals surface area (Å²) in [6, 6.07) is 22.2. The van der Waals surface area contributed by atoms with Crippen LogP contribution in [0.3, 0.4) is 0 Å². The van der Waals surface area contributed by atoms with Crippen LogP contribution >= 0.6 is 0 Å². The van der Waals surface area contributed by atoms with Crippen LogP contribution in [0.5, 0.6) is 0 Å². The average molecular weight is 579 g/mol. The van der Waals surface area contributed by atoms with Gasteiger partial charge in [0.05, 0.1) is 29.7 Å². The highest BCUT2D eigenvalue weighted by Gasteiger charge is 2.24. The van der Waals surface area contributed by atoms with Gasteiger partial charge in [0.2, 0.25) is 11.2 Å². The smallest absolute Gasteiger partial charge is 0.411 e. The van der Waals surface area contributed by atoms with E-state index in [4.69, 9.17) is 9.47 Å². The van der Waals surface area contributed by atoms with E-state index in [2.05, 4.69) is 46.1 Å². The zero-order valence-corrected chi connectivity index (χ0v) is 25.0. The fourth-order valence-corrected chi connectivity index (χ4v) is 5.08. The second-order valence-corrected chi connectivity index (χ2v) is 9.43. The first-order chi connectivity index (χ1) is 19.5. The number of ether oxygens (including phenoxy) is 2. The summed E-state index contributed by atoms with van der Waals surface area (Å²) in [5.74, 6) is 0. The van der Waals surface area contributed by atoms with Crippen LogP contribution in [0.2, 0.25) is 0 Å². The number of fused-ring (bicyclic) bond motifs is 3. The fraction of sp³-hybridized carbons (Fsp3) is 0.344. The largest absolute Gasteiger partial charge is 1.00 e. The molecule has 0 spiro atoms. The summed E-state index contributed by atoms with van der Waals surface area (Å²) in [6.07, 6.45) is -0.0114. The molecule has 4 rings (SSSR count). The summed E-state index contributed by atoms with van der Waals surface area (Å²) >= 11 is 0. The van der Waals surface area contributed by atoms with Crippen molar-refractivity contribution in [2.45, 2.75) is 40.7 Å². The van der Waals surface area contributed by atoms with Crippen LogP contribution < -0.4 is 27.6 Å². The Morgan fingerprint density at radius 1 is 0.756 bits per heavy atom. The number of anilines is 2. The van der Waals surface area contributed by atoms with E-state index in [-0.39, 0.29) is 12.4 Å². The predicted molar refractivity (Wildman–Crippen MR) is 161 cm³/mol. The lowest BCUT2D eigenvalue weighted by Crippen LogP contribution is -3.00. The number of hydrogen-bond donors (Lipinski definition) is 2. The molecule has 4 aromatic rings. The molecular weight excluding hydrogens is 540 g/mol. The van der Waals surface area contributed by atoms with Gasteiger partial charge in [-0.2, -0.15) is 4.57 Å². The minimum Gasteiger partial charge on any atom is -1.00 e. The molecule has 0 radical (unpaired) electrons. The molecule has 0 fully saturated rings. The molecular formula is C32H39ClN4O4. The van der Waals surface area contributed by atoms with Gasteiger partial charge in [0.15, 0.2) is 6.54 Å². The highest BCUT2D eigenvalue weighted by atomic mass is 35.5.